The number of hydrogen-bond acceptors (Lipinski definition) is 8. The predicted octanol–water partition coefficient (Wildman–Crippen LogP) is 5.89. The minimum absolute atomic E-state index is 0.00531. The highest BCUT2D eigenvalue weighted by molar-refractivity contribution is 7.63. The van der Waals surface area contributed by atoms with E-state index in [2.05, 4.69) is 52.8 Å². The van der Waals surface area contributed by atoms with Crippen molar-refractivity contribution in [3.8, 4) is 6.07 Å². The first-order valence-corrected chi connectivity index (χ1v) is 18.6. The zero-order valence-corrected chi connectivity index (χ0v) is 29.7. The molecule has 1 fully saturated rings. The molecule has 1 aromatic heterocycles. The van der Waals surface area contributed by atoms with Crippen molar-refractivity contribution in [2.24, 2.45) is 0 Å². The van der Waals surface area contributed by atoms with Gasteiger partial charge in [-0.3, -0.25) is 19.7 Å². The third-order valence-electron chi connectivity index (χ3n) is 9.09. The lowest BCUT2D eigenvalue weighted by Crippen LogP contribution is -2.53. The Balaban J connectivity index is 1.62. The fourth-order valence-electron chi connectivity index (χ4n) is 7.05. The van der Waals surface area contributed by atoms with Crippen molar-refractivity contribution < 1.29 is 14.2 Å². The van der Waals surface area contributed by atoms with E-state index < -0.39 is 43.0 Å². The molecule has 1 saturated heterocycles. The van der Waals surface area contributed by atoms with E-state index in [1.165, 1.54) is 10.8 Å². The third kappa shape index (κ3) is 7.79. The summed E-state index contributed by atoms with van der Waals surface area (Å²) in [5.74, 6) is 0. The lowest BCUT2D eigenvalue weighted by atomic mass is 9.76. The van der Waals surface area contributed by atoms with Gasteiger partial charge in [0.25, 0.3) is 5.56 Å². The van der Waals surface area contributed by atoms with E-state index in [1.807, 2.05) is 87.0 Å². The largest absolute Gasteiger partial charge is 0.350 e. The Morgan fingerprint density at radius 3 is 1.96 bits per heavy atom. The average molecular weight is 685 g/mol. The molecule has 1 aliphatic heterocycles. The molecule has 4 aromatic rings. The fourth-order valence-corrected chi connectivity index (χ4v) is 9.77. The molecule has 4 atom stereocenters. The van der Waals surface area contributed by atoms with Crippen molar-refractivity contribution in [3.05, 3.63) is 140 Å². The monoisotopic (exact) mass is 684 g/mol. The number of aryl methyl sites for hydroxylation is 1. The van der Waals surface area contributed by atoms with Crippen LogP contribution in [0.25, 0.3) is 0 Å². The van der Waals surface area contributed by atoms with E-state index in [0.29, 0.717) is 12.0 Å². The summed E-state index contributed by atoms with van der Waals surface area (Å²) in [5, 5.41) is 13.5. The van der Waals surface area contributed by atoms with Crippen LogP contribution in [0.5, 0.6) is 0 Å². The number of hydrogen-bond donors (Lipinski definition) is 3. The summed E-state index contributed by atoms with van der Waals surface area (Å²) < 4.78 is 16.6. The molecule has 11 heteroatoms. The Morgan fingerprint density at radius 1 is 0.980 bits per heavy atom. The van der Waals surface area contributed by atoms with Crippen LogP contribution in [0.15, 0.2) is 107 Å². The Bertz CT molecular complexity index is 1720. The molecule has 0 radical (unpaired) electrons. The number of ether oxygens (including phenoxy) is 1. The highest BCUT2D eigenvalue weighted by Gasteiger charge is 2.51. The number of aromatic nitrogens is 2. The molecule has 0 bridgehead atoms. The van der Waals surface area contributed by atoms with E-state index >= 15 is 0 Å². The molecule has 258 valence electrons. The van der Waals surface area contributed by atoms with Crippen LogP contribution in [0.3, 0.4) is 0 Å². The molecule has 5 rings (SSSR count). The van der Waals surface area contributed by atoms with E-state index in [0.717, 1.165) is 16.7 Å². The van der Waals surface area contributed by atoms with Crippen LogP contribution in [0.4, 0.5) is 0 Å². The van der Waals surface area contributed by atoms with E-state index in [1.54, 1.807) is 6.92 Å². The number of H-pyrrole nitrogens is 1. The molecule has 0 amide bonds. The summed E-state index contributed by atoms with van der Waals surface area (Å²) >= 11 is 0. The molecular formula is C38H47N5O5P+. The van der Waals surface area contributed by atoms with Gasteiger partial charge >= 0.3 is 13.6 Å². The van der Waals surface area contributed by atoms with Crippen LogP contribution in [-0.2, 0) is 14.8 Å². The number of nitriles is 1. The fraction of sp³-hybridized carbons (Fsp3) is 0.395. The van der Waals surface area contributed by atoms with Crippen molar-refractivity contribution in [1.82, 2.24) is 19.5 Å². The van der Waals surface area contributed by atoms with Crippen LogP contribution in [0.2, 0.25) is 0 Å². The molecule has 10 nitrogen and oxygen atoms in total. The second-order valence-electron chi connectivity index (χ2n) is 13.1. The van der Waals surface area contributed by atoms with Gasteiger partial charge in [0, 0.05) is 36.3 Å². The van der Waals surface area contributed by atoms with Gasteiger partial charge in [-0.2, -0.15) is 9.79 Å². The van der Waals surface area contributed by atoms with Gasteiger partial charge in [0.05, 0.1) is 18.0 Å². The summed E-state index contributed by atoms with van der Waals surface area (Å²) in [6.45, 7) is 9.68. The maximum atomic E-state index is 13.1. The molecule has 0 spiro atoms. The maximum Gasteiger partial charge on any atom is 0.346 e. The quantitative estimate of drug-likeness (QED) is 0.111. The lowest BCUT2D eigenvalue weighted by molar-refractivity contribution is -0.0285. The average Bonchev–Trinajstić information content (AvgIpc) is 3.50. The van der Waals surface area contributed by atoms with Crippen LogP contribution < -0.4 is 16.6 Å². The summed E-state index contributed by atoms with van der Waals surface area (Å²) in [5.41, 5.74) is 1.57. The summed E-state index contributed by atoms with van der Waals surface area (Å²) in [6, 6.07) is 32.3. The Kier molecular flexibility index (Phi) is 11.7. The van der Waals surface area contributed by atoms with Crippen molar-refractivity contribution in [1.29, 1.82) is 5.26 Å². The number of nitrogens with one attached hydrogen (secondary N) is 2. The topological polar surface area (TPSA) is 133 Å². The van der Waals surface area contributed by atoms with Gasteiger partial charge in [-0.15, -0.1) is 4.67 Å². The van der Waals surface area contributed by atoms with Crippen LogP contribution in [0, 0.1) is 18.3 Å². The van der Waals surface area contributed by atoms with Crippen LogP contribution in [-0.4, -0.2) is 56.1 Å². The first-order valence-electron chi connectivity index (χ1n) is 16.8. The highest BCUT2D eigenvalue weighted by Crippen LogP contribution is 2.62. The zero-order chi connectivity index (χ0) is 35.2. The van der Waals surface area contributed by atoms with E-state index in [4.69, 9.17) is 9.26 Å². The van der Waals surface area contributed by atoms with E-state index in [9.17, 15) is 19.7 Å². The first-order chi connectivity index (χ1) is 23.5. The maximum absolute atomic E-state index is 13.1. The van der Waals surface area contributed by atoms with Crippen molar-refractivity contribution >= 4 is 7.87 Å². The minimum Gasteiger partial charge on any atom is -0.350 e. The molecule has 0 aliphatic carbocycles. The first kappa shape index (κ1) is 36.3. The number of rotatable bonds is 14. The normalized spacial score (nSPS) is 19.3. The summed E-state index contributed by atoms with van der Waals surface area (Å²) in [6.07, 6.45) is 0.859. The molecule has 1 aliphatic rings. The molecule has 49 heavy (non-hydrogen) atoms. The molecule has 3 N–H and O–H groups in total. The van der Waals surface area contributed by atoms with Gasteiger partial charge in [-0.05, 0) is 51.3 Å². The van der Waals surface area contributed by atoms with Gasteiger partial charge in [0.2, 0.25) is 0 Å². The van der Waals surface area contributed by atoms with Gasteiger partial charge in [-0.1, -0.05) is 91.0 Å². The number of aromatic amines is 1. The lowest BCUT2D eigenvalue weighted by Gasteiger charge is -2.40. The second kappa shape index (κ2) is 15.7. The van der Waals surface area contributed by atoms with Gasteiger partial charge in [0.1, 0.15) is 25.1 Å². The van der Waals surface area contributed by atoms with Crippen molar-refractivity contribution in [3.63, 3.8) is 0 Å². The highest BCUT2D eigenvalue weighted by atomic mass is 31.2. The summed E-state index contributed by atoms with van der Waals surface area (Å²) in [4.78, 5) is 39.9. The molecule has 1 unspecified atom stereocenters. The predicted molar refractivity (Wildman–Crippen MR) is 193 cm³/mol. The minimum atomic E-state index is -3.24. The second-order valence-corrected chi connectivity index (χ2v) is 15.6. The van der Waals surface area contributed by atoms with Gasteiger partial charge < -0.3 is 4.74 Å². The summed E-state index contributed by atoms with van der Waals surface area (Å²) in [7, 11) is -3.24. The molecule has 0 saturated carbocycles. The third-order valence-corrected chi connectivity index (χ3v) is 12.1. The SMILES string of the molecule is Cc1cn([C@H]2C[C@H](NC(c3ccccc3)(c3ccccc3)c3ccccc3)[C@@H](CO[P+](O)(CCC#N)N(C(C)C)C(C)C)O2)c(=O)[nH]c1=O. The standard InChI is InChI=1S/C38H46N5O5P/c1-27(2)43(28(3)4)49(46,23-15-22-39)47-26-34-33(24-35(48-34)42-25-29(5)36(44)40-37(42)45)41-38(30-16-9-6-10-17-30,31-18-11-7-12-19-31)32-20-13-8-14-21-32/h6-14,16-21,25,27-28,33-35,41,46H,15,23-24,26H2,1-5H3/p+1/t33-,34+,35+,49?/m0/s1. The molecule has 3 aromatic carbocycles. The zero-order valence-electron chi connectivity index (χ0n) is 28.8. The van der Waals surface area contributed by atoms with E-state index in [-0.39, 0.29) is 31.3 Å². The van der Waals surface area contributed by atoms with Gasteiger partial charge in [-0.25, -0.2) is 9.69 Å². The van der Waals surface area contributed by atoms with Crippen molar-refractivity contribution in [2.45, 2.75) is 83.5 Å². The Morgan fingerprint density at radius 2 is 1.49 bits per heavy atom. The van der Waals surface area contributed by atoms with Crippen LogP contribution in [0.1, 0.15) is 69.0 Å². The van der Waals surface area contributed by atoms with Gasteiger partial charge in [0.15, 0.2) is 0 Å². The smallest absolute Gasteiger partial charge is 0.346 e. The molecule has 2 heterocycles. The van der Waals surface area contributed by atoms with Crippen molar-refractivity contribution in [2.75, 3.05) is 12.8 Å². The Hall–Kier alpha value is -3.94. The number of nitrogens with zero attached hydrogens (tertiary/aromatic N) is 3. The Labute approximate surface area is 288 Å². The number of benzene rings is 3. The molecular weight excluding hydrogens is 637 g/mol. The van der Waals surface area contributed by atoms with Crippen LogP contribution >= 0.6 is 7.87 Å².